The molecule has 0 atom stereocenters. The molecule has 2 aromatic rings. The SMILES string of the molecule is Cc1cnc(C(=O)Nc2ncc(Br)nc2Br)cn1. The van der Waals surface area contributed by atoms with Gasteiger partial charge in [0.15, 0.2) is 5.82 Å². The highest BCUT2D eigenvalue weighted by atomic mass is 79.9. The minimum Gasteiger partial charge on any atom is -0.303 e. The van der Waals surface area contributed by atoms with E-state index >= 15 is 0 Å². The maximum Gasteiger partial charge on any atom is 0.277 e. The van der Waals surface area contributed by atoms with Crippen LogP contribution in [0.3, 0.4) is 0 Å². The third-order valence-electron chi connectivity index (χ3n) is 1.95. The number of hydrogen-bond donors (Lipinski definition) is 1. The third-order valence-corrected chi connectivity index (χ3v) is 2.88. The Bertz CT molecular complexity index is 587. The molecule has 0 aliphatic heterocycles. The van der Waals surface area contributed by atoms with E-state index in [0.717, 1.165) is 5.69 Å². The first-order chi connectivity index (χ1) is 8.56. The Balaban J connectivity index is 2.18. The summed E-state index contributed by atoms with van der Waals surface area (Å²) in [7, 11) is 0. The summed E-state index contributed by atoms with van der Waals surface area (Å²) in [5.74, 6) is -0.0644. The molecule has 8 heteroatoms. The Morgan fingerprint density at radius 1 is 1.17 bits per heavy atom. The van der Waals surface area contributed by atoms with E-state index in [9.17, 15) is 4.79 Å². The van der Waals surface area contributed by atoms with Gasteiger partial charge in [-0.3, -0.25) is 9.78 Å². The van der Waals surface area contributed by atoms with Gasteiger partial charge in [0.1, 0.15) is 14.9 Å². The van der Waals surface area contributed by atoms with Crippen molar-refractivity contribution in [2.45, 2.75) is 6.92 Å². The second-order valence-electron chi connectivity index (χ2n) is 3.33. The summed E-state index contributed by atoms with van der Waals surface area (Å²) >= 11 is 6.38. The van der Waals surface area contributed by atoms with Crippen LogP contribution in [-0.4, -0.2) is 25.8 Å². The lowest BCUT2D eigenvalue weighted by Crippen LogP contribution is -2.15. The van der Waals surface area contributed by atoms with Crippen LogP contribution in [0.5, 0.6) is 0 Å². The number of rotatable bonds is 2. The maximum absolute atomic E-state index is 11.8. The van der Waals surface area contributed by atoms with Crippen molar-refractivity contribution in [2.24, 2.45) is 0 Å². The monoisotopic (exact) mass is 371 g/mol. The predicted molar refractivity (Wildman–Crippen MR) is 72.2 cm³/mol. The van der Waals surface area contributed by atoms with Crippen molar-refractivity contribution in [3.8, 4) is 0 Å². The molecule has 2 aromatic heterocycles. The highest BCUT2D eigenvalue weighted by molar-refractivity contribution is 9.11. The molecule has 0 saturated carbocycles. The lowest BCUT2D eigenvalue weighted by atomic mass is 10.4. The molecule has 92 valence electrons. The first-order valence-electron chi connectivity index (χ1n) is 4.84. The molecule has 0 unspecified atom stereocenters. The number of nitrogens with zero attached hydrogens (tertiary/aromatic N) is 4. The summed E-state index contributed by atoms with van der Waals surface area (Å²) in [6.07, 6.45) is 4.42. The fourth-order valence-electron chi connectivity index (χ4n) is 1.11. The van der Waals surface area contributed by atoms with Crippen molar-refractivity contribution in [1.29, 1.82) is 0 Å². The zero-order chi connectivity index (χ0) is 13.1. The highest BCUT2D eigenvalue weighted by Crippen LogP contribution is 2.19. The van der Waals surface area contributed by atoms with Crippen molar-refractivity contribution >= 4 is 43.6 Å². The summed E-state index contributed by atoms with van der Waals surface area (Å²) in [4.78, 5) is 27.9. The fourth-order valence-corrected chi connectivity index (χ4v) is 2.02. The second kappa shape index (κ2) is 5.49. The van der Waals surface area contributed by atoms with Gasteiger partial charge in [-0.2, -0.15) is 0 Å². The molecule has 2 rings (SSSR count). The Labute approximate surface area is 120 Å². The number of anilines is 1. The van der Waals surface area contributed by atoms with Crippen LogP contribution in [0.2, 0.25) is 0 Å². The molecule has 0 aliphatic rings. The molecular weight excluding hydrogens is 366 g/mol. The van der Waals surface area contributed by atoms with Gasteiger partial charge in [-0.15, -0.1) is 0 Å². The zero-order valence-electron chi connectivity index (χ0n) is 9.19. The van der Waals surface area contributed by atoms with Gasteiger partial charge in [-0.1, -0.05) is 0 Å². The highest BCUT2D eigenvalue weighted by Gasteiger charge is 2.11. The van der Waals surface area contributed by atoms with Crippen LogP contribution in [0, 0.1) is 6.92 Å². The Kier molecular flexibility index (Phi) is 3.97. The Hall–Kier alpha value is -1.41. The molecule has 2 heterocycles. The van der Waals surface area contributed by atoms with E-state index in [-0.39, 0.29) is 11.6 Å². The van der Waals surface area contributed by atoms with Crippen molar-refractivity contribution in [1.82, 2.24) is 19.9 Å². The molecule has 1 amide bonds. The van der Waals surface area contributed by atoms with E-state index < -0.39 is 0 Å². The first kappa shape index (κ1) is 13.0. The van der Waals surface area contributed by atoms with Gasteiger partial charge in [-0.25, -0.2) is 15.0 Å². The molecule has 0 bridgehead atoms. The van der Waals surface area contributed by atoms with Gasteiger partial charge in [-0.05, 0) is 38.8 Å². The standard InChI is InChI=1S/C10H7Br2N5O/c1-5-2-14-6(3-13-5)10(18)17-9-8(12)16-7(11)4-15-9/h2-4H,1H3,(H,15,17,18). The first-order valence-corrected chi connectivity index (χ1v) is 6.43. The Morgan fingerprint density at radius 3 is 2.56 bits per heavy atom. The van der Waals surface area contributed by atoms with Gasteiger partial charge >= 0.3 is 0 Å². The van der Waals surface area contributed by atoms with E-state index in [1.54, 1.807) is 6.92 Å². The van der Waals surface area contributed by atoms with Crippen LogP contribution in [0.25, 0.3) is 0 Å². The number of aromatic nitrogens is 4. The predicted octanol–water partition coefficient (Wildman–Crippen LogP) is 2.35. The molecule has 0 aromatic carbocycles. The van der Waals surface area contributed by atoms with E-state index in [0.29, 0.717) is 15.0 Å². The van der Waals surface area contributed by atoms with E-state index in [1.165, 1.54) is 18.6 Å². The zero-order valence-corrected chi connectivity index (χ0v) is 12.4. The molecular formula is C10H7Br2N5O. The fraction of sp³-hybridized carbons (Fsp3) is 0.100. The number of amides is 1. The molecule has 18 heavy (non-hydrogen) atoms. The van der Waals surface area contributed by atoms with Gasteiger partial charge in [0.2, 0.25) is 0 Å². The van der Waals surface area contributed by atoms with Crippen molar-refractivity contribution in [3.63, 3.8) is 0 Å². The average Bonchev–Trinajstić information content (AvgIpc) is 2.33. The molecule has 6 nitrogen and oxygen atoms in total. The second-order valence-corrected chi connectivity index (χ2v) is 4.89. The quantitative estimate of drug-likeness (QED) is 0.875. The summed E-state index contributed by atoms with van der Waals surface area (Å²) in [6.45, 7) is 1.80. The molecule has 0 radical (unpaired) electrons. The molecule has 0 saturated heterocycles. The summed E-state index contributed by atoms with van der Waals surface area (Å²) in [6, 6.07) is 0. The van der Waals surface area contributed by atoms with Crippen LogP contribution >= 0.6 is 31.9 Å². The summed E-state index contributed by atoms with van der Waals surface area (Å²) in [5.41, 5.74) is 0.966. The van der Waals surface area contributed by atoms with Crippen molar-refractivity contribution in [3.05, 3.63) is 39.2 Å². The smallest absolute Gasteiger partial charge is 0.277 e. The van der Waals surface area contributed by atoms with Crippen LogP contribution in [-0.2, 0) is 0 Å². The summed E-state index contributed by atoms with van der Waals surface area (Å²) in [5, 5.41) is 2.59. The minimum atomic E-state index is -0.389. The normalized spacial score (nSPS) is 10.2. The van der Waals surface area contributed by atoms with Crippen molar-refractivity contribution < 1.29 is 4.79 Å². The number of carbonyl (C=O) groups is 1. The van der Waals surface area contributed by atoms with Gasteiger partial charge in [0.25, 0.3) is 5.91 Å². The van der Waals surface area contributed by atoms with Crippen LogP contribution in [0.4, 0.5) is 5.82 Å². The average molecular weight is 373 g/mol. The third kappa shape index (κ3) is 3.08. The van der Waals surface area contributed by atoms with Gasteiger partial charge in [0, 0.05) is 6.20 Å². The number of hydrogen-bond acceptors (Lipinski definition) is 5. The molecule has 0 aliphatic carbocycles. The van der Waals surface area contributed by atoms with Gasteiger partial charge in [0.05, 0.1) is 18.1 Å². The minimum absolute atomic E-state index is 0.220. The number of nitrogens with one attached hydrogen (secondary N) is 1. The van der Waals surface area contributed by atoms with E-state index in [2.05, 4.69) is 57.1 Å². The van der Waals surface area contributed by atoms with Crippen LogP contribution in [0.15, 0.2) is 27.8 Å². The molecule has 1 N–H and O–H groups in total. The van der Waals surface area contributed by atoms with E-state index in [4.69, 9.17) is 0 Å². The van der Waals surface area contributed by atoms with Crippen molar-refractivity contribution in [2.75, 3.05) is 5.32 Å². The maximum atomic E-state index is 11.8. The molecule has 0 spiro atoms. The lowest BCUT2D eigenvalue weighted by Gasteiger charge is -2.05. The van der Waals surface area contributed by atoms with E-state index in [1.807, 2.05) is 0 Å². The topological polar surface area (TPSA) is 80.7 Å². The summed E-state index contributed by atoms with van der Waals surface area (Å²) < 4.78 is 1.01. The molecule has 0 fully saturated rings. The lowest BCUT2D eigenvalue weighted by molar-refractivity contribution is 0.102. The van der Waals surface area contributed by atoms with Crippen LogP contribution < -0.4 is 5.32 Å². The number of halogens is 2. The van der Waals surface area contributed by atoms with Crippen LogP contribution in [0.1, 0.15) is 16.2 Å². The number of carbonyl (C=O) groups excluding carboxylic acids is 1. The largest absolute Gasteiger partial charge is 0.303 e. The number of aryl methyl sites for hydroxylation is 1. The van der Waals surface area contributed by atoms with Gasteiger partial charge < -0.3 is 5.32 Å². The Morgan fingerprint density at radius 2 is 1.94 bits per heavy atom.